The van der Waals surface area contributed by atoms with E-state index in [0.29, 0.717) is 40.0 Å². The van der Waals surface area contributed by atoms with Crippen LogP contribution in [0, 0.1) is 65.5 Å². The first-order valence-corrected chi connectivity index (χ1v) is 48.1. The van der Waals surface area contributed by atoms with Gasteiger partial charge >= 0.3 is 23.9 Å². The Balaban J connectivity index is 0.000000196. The van der Waals surface area contributed by atoms with Crippen molar-refractivity contribution in [3.63, 3.8) is 0 Å². The van der Waals surface area contributed by atoms with Crippen LogP contribution in [0.15, 0.2) is 164 Å². The maximum Gasteiger partial charge on any atom is 0.338 e. The van der Waals surface area contributed by atoms with Gasteiger partial charge in [0.05, 0.1) is 41.4 Å². The number of ether oxygens (including phenoxy) is 5. The molecule has 3 atom stereocenters. The largest absolute Gasteiger partial charge is 0.485 e. The highest BCUT2D eigenvalue weighted by Gasteiger charge is 2.34. The summed E-state index contributed by atoms with van der Waals surface area (Å²) in [4.78, 5) is 54.3. The minimum atomic E-state index is -0.697. The van der Waals surface area contributed by atoms with Gasteiger partial charge in [-0.3, -0.25) is 4.79 Å². The average Bonchev–Trinajstić information content (AvgIpc) is 0.811. The summed E-state index contributed by atoms with van der Waals surface area (Å²) in [5, 5.41) is 0. The number of unbranched alkanes of at least 4 members (excludes halogenated alkanes) is 7. The number of carbonyl (C=O) groups excluding carboxylic acids is 4. The maximum absolute atomic E-state index is 14.3. The maximum atomic E-state index is 14.3. The van der Waals surface area contributed by atoms with Gasteiger partial charge in [-0.1, -0.05) is 267 Å². The molecule has 7 aromatic carbocycles. The van der Waals surface area contributed by atoms with E-state index >= 15 is 0 Å². The topological polar surface area (TPSA) is 119 Å². The Hall–Kier alpha value is -8.43. The van der Waals surface area contributed by atoms with Crippen molar-refractivity contribution in [3.05, 3.63) is 231 Å². The molecule has 0 bridgehead atoms. The molecule has 5 saturated carbocycles. The number of nitrogens with zero attached hydrogens (tertiary/aromatic N) is 1. The molecule has 662 valence electrons. The van der Waals surface area contributed by atoms with Crippen molar-refractivity contribution in [2.75, 3.05) is 6.61 Å². The molecule has 5 fully saturated rings. The van der Waals surface area contributed by atoms with E-state index in [2.05, 4.69) is 94.9 Å². The molecule has 5 aliphatic rings. The first kappa shape index (κ1) is 97.4. The highest BCUT2D eigenvalue weighted by Crippen LogP contribution is 2.47. The Morgan fingerprint density at radius 1 is 0.426 bits per heavy atom. The SMILES string of the molecule is CCCC1CCC(C2CCC(c3cc(F)c(OC(C)C)c(F)c3)CC2)CC1.CCCCCC1CCC(c2ccc(C(=O)OCC(OC(=O)c3ccc(C4CCC(CCCCC)CC4)cc3)c3ccccc3)cc2)CC1.CCCCCCC1CCC(C(=O)Oc2ccc(C(=O)OC(C)CC)cc2)CC1.[C-]#[N+]c1ccc(-c2ccc(CC(C)CC)cc2)cc1. The van der Waals surface area contributed by atoms with Crippen LogP contribution in [0.4, 0.5) is 14.5 Å². The molecule has 0 aromatic heterocycles. The third-order valence-electron chi connectivity index (χ3n) is 27.4. The van der Waals surface area contributed by atoms with E-state index < -0.39 is 29.7 Å². The van der Waals surface area contributed by atoms with Crippen LogP contribution in [-0.4, -0.2) is 42.7 Å². The number of hydrogen-bond donors (Lipinski definition) is 0. The first-order chi connectivity index (χ1) is 59.3. The summed E-state index contributed by atoms with van der Waals surface area (Å²) in [6.07, 6.45) is 46.5. The summed E-state index contributed by atoms with van der Waals surface area (Å²) in [6, 6.07) is 51.6. The standard InChI is InChI=1S/C44H58O4.C24H36F2O.C24H36O4.C18H19N/c1-3-5-8-12-33-16-20-35(21-17-33)37-24-28-40(29-25-37)43(45)47-32-42(39-14-10-7-11-15-39)48-44(46)41-30-26-38(27-31-41)36-22-18-34(19-23-36)13-9-6-4-2;1-4-5-17-6-8-18(9-7-17)19-10-12-20(13-11-19)21-14-22(25)24(23(26)15-21)27-16(2)3;1-4-6-7-8-9-19-10-12-20(13-11-19)24(26)28-22-16-14-21(15-17-22)23(25)27-18(3)5-2;1-4-14(2)13-15-5-7-16(8-6-15)17-9-11-18(19-3)12-10-17/h7,10-11,14-15,24-31,33-36,42H,3-6,8-9,12-13,16-23,32H2,1-2H3;14-20H,4-13H2,1-3H3;14-20H,4-13H2,1-3H3;5-12,14H,4,13H2,1-2H3. The van der Waals surface area contributed by atoms with E-state index in [0.717, 1.165) is 104 Å². The first-order valence-electron chi connectivity index (χ1n) is 48.1. The van der Waals surface area contributed by atoms with Gasteiger partial charge in [-0.15, -0.1) is 0 Å². The van der Waals surface area contributed by atoms with Crippen LogP contribution in [0.25, 0.3) is 16.0 Å². The second-order valence-corrected chi connectivity index (χ2v) is 36.9. The Bertz CT molecular complexity index is 4150. The molecule has 12 heteroatoms. The molecule has 0 amide bonds. The Morgan fingerprint density at radius 2 is 0.852 bits per heavy atom. The molecule has 3 unspecified atom stereocenters. The summed E-state index contributed by atoms with van der Waals surface area (Å²) < 4.78 is 56.5. The van der Waals surface area contributed by atoms with Crippen molar-refractivity contribution in [3.8, 4) is 22.6 Å². The molecule has 7 aromatic rings. The lowest BCUT2D eigenvalue weighted by Crippen LogP contribution is -2.25. The van der Waals surface area contributed by atoms with E-state index in [1.54, 1.807) is 38.1 Å². The zero-order valence-corrected chi connectivity index (χ0v) is 76.1. The summed E-state index contributed by atoms with van der Waals surface area (Å²) in [6.45, 7) is 27.9. The van der Waals surface area contributed by atoms with Gasteiger partial charge < -0.3 is 23.7 Å². The van der Waals surface area contributed by atoms with Gasteiger partial charge in [-0.2, -0.15) is 0 Å². The molecule has 0 aliphatic heterocycles. The number of hydrogen-bond acceptors (Lipinski definition) is 9. The molecule has 0 saturated heterocycles. The molecule has 0 N–H and O–H groups in total. The smallest absolute Gasteiger partial charge is 0.338 e. The Kier molecular flexibility index (Phi) is 42.3. The molecule has 0 radical (unpaired) electrons. The fourth-order valence-electron chi connectivity index (χ4n) is 19.3. The summed E-state index contributed by atoms with van der Waals surface area (Å²) in [7, 11) is 0. The molecule has 12 rings (SSSR count). The van der Waals surface area contributed by atoms with Gasteiger partial charge in [0.15, 0.2) is 29.2 Å². The number of esters is 4. The molecule has 10 nitrogen and oxygen atoms in total. The fourth-order valence-corrected chi connectivity index (χ4v) is 19.3. The second kappa shape index (κ2) is 53.0. The molecule has 5 aliphatic carbocycles. The lowest BCUT2D eigenvalue weighted by atomic mass is 9.68. The van der Waals surface area contributed by atoms with Crippen LogP contribution < -0.4 is 9.47 Å². The monoisotopic (exact) mass is 1670 g/mol. The zero-order valence-electron chi connectivity index (χ0n) is 76.1. The van der Waals surface area contributed by atoms with Crippen LogP contribution in [0.3, 0.4) is 0 Å². The van der Waals surface area contributed by atoms with Crippen LogP contribution in [0.1, 0.15) is 390 Å². The second-order valence-electron chi connectivity index (χ2n) is 36.9. The molecular formula is C110H149F2NO9. The van der Waals surface area contributed by atoms with Gasteiger partial charge in [0, 0.05) is 0 Å². The van der Waals surface area contributed by atoms with E-state index in [-0.39, 0.29) is 48.3 Å². The fraction of sp³-hybridized carbons (Fsp3) is 0.573. The molecule has 0 spiro atoms. The van der Waals surface area contributed by atoms with E-state index in [1.165, 1.54) is 233 Å². The lowest BCUT2D eigenvalue weighted by Gasteiger charge is -2.38. The van der Waals surface area contributed by atoms with Crippen LogP contribution in [-0.2, 0) is 25.4 Å². The Labute approximate surface area is 734 Å². The average molecular weight is 1670 g/mol. The van der Waals surface area contributed by atoms with Gasteiger partial charge in [0.2, 0.25) is 0 Å². The van der Waals surface area contributed by atoms with Crippen molar-refractivity contribution < 1.29 is 51.6 Å². The van der Waals surface area contributed by atoms with E-state index in [9.17, 15) is 28.0 Å². The summed E-state index contributed by atoms with van der Waals surface area (Å²) in [5.41, 5.74) is 10.2. The minimum Gasteiger partial charge on any atom is -0.485 e. The number of carbonyl (C=O) groups is 4. The predicted octanol–water partition coefficient (Wildman–Crippen LogP) is 31.6. The Morgan fingerprint density at radius 3 is 1.33 bits per heavy atom. The van der Waals surface area contributed by atoms with Gasteiger partial charge in [-0.05, 0) is 308 Å². The van der Waals surface area contributed by atoms with Crippen molar-refractivity contribution in [1.82, 2.24) is 0 Å². The number of benzene rings is 7. The van der Waals surface area contributed by atoms with Crippen LogP contribution in [0.5, 0.6) is 11.5 Å². The molecule has 0 heterocycles. The van der Waals surface area contributed by atoms with Crippen LogP contribution >= 0.6 is 0 Å². The van der Waals surface area contributed by atoms with Gasteiger partial charge in [-0.25, -0.2) is 28.0 Å². The van der Waals surface area contributed by atoms with Crippen molar-refractivity contribution in [2.24, 2.45) is 47.3 Å². The van der Waals surface area contributed by atoms with Gasteiger partial charge in [0.1, 0.15) is 12.4 Å². The normalized spacial score (nSPS) is 21.5. The van der Waals surface area contributed by atoms with Crippen molar-refractivity contribution in [2.45, 2.75) is 349 Å². The van der Waals surface area contributed by atoms with Crippen LogP contribution in [0.2, 0.25) is 0 Å². The summed E-state index contributed by atoms with van der Waals surface area (Å²) in [5.74, 6) is 5.21. The van der Waals surface area contributed by atoms with E-state index in [4.69, 9.17) is 30.3 Å². The predicted molar refractivity (Wildman–Crippen MR) is 495 cm³/mol. The highest BCUT2D eigenvalue weighted by atomic mass is 19.1. The van der Waals surface area contributed by atoms with Crippen molar-refractivity contribution in [1.29, 1.82) is 0 Å². The summed E-state index contributed by atoms with van der Waals surface area (Å²) >= 11 is 0. The highest BCUT2D eigenvalue weighted by molar-refractivity contribution is 5.91. The lowest BCUT2D eigenvalue weighted by molar-refractivity contribution is -0.140. The molecular weight excluding hydrogens is 1520 g/mol. The van der Waals surface area contributed by atoms with Crippen molar-refractivity contribution >= 4 is 29.6 Å². The zero-order chi connectivity index (χ0) is 87.0. The number of rotatable bonds is 36. The quantitative estimate of drug-likeness (QED) is 0.0124. The third-order valence-corrected chi connectivity index (χ3v) is 27.4. The number of halogens is 2. The van der Waals surface area contributed by atoms with E-state index in [1.807, 2.05) is 92.7 Å². The third kappa shape index (κ3) is 32.3. The minimum absolute atomic E-state index is 0.00179. The molecule has 122 heavy (non-hydrogen) atoms. The van der Waals surface area contributed by atoms with Gasteiger partial charge in [0.25, 0.3) is 0 Å².